The first-order chi connectivity index (χ1) is 16.9. The maximum Gasteiger partial charge on any atom is 0.280 e. The number of fused-ring (bicyclic) bond motifs is 2. The second kappa shape index (κ2) is 8.20. The number of aromatic nitrogens is 2. The second-order valence-corrected chi connectivity index (χ2v) is 11.5. The first kappa shape index (κ1) is 23.6. The van der Waals surface area contributed by atoms with Gasteiger partial charge >= 0.3 is 0 Å². The molecule has 0 bridgehead atoms. The van der Waals surface area contributed by atoms with Crippen LogP contribution in [0, 0.1) is 5.82 Å². The highest BCUT2D eigenvalue weighted by Crippen LogP contribution is 2.30. The topological polar surface area (TPSA) is 148 Å². The molecule has 3 heterocycles. The van der Waals surface area contributed by atoms with Gasteiger partial charge in [0.15, 0.2) is 0 Å². The number of hydrogen-bond acceptors (Lipinski definition) is 7. The molecule has 5 rings (SSSR count). The number of sulfonamides is 2. The number of benzene rings is 2. The van der Waals surface area contributed by atoms with Crippen LogP contribution in [0.1, 0.15) is 5.56 Å². The average molecular weight is 532 g/mol. The molecule has 0 radical (unpaired) electrons. The summed E-state index contributed by atoms with van der Waals surface area (Å²) >= 11 is 0. The Kier molecular flexibility index (Phi) is 5.37. The minimum absolute atomic E-state index is 0.0191. The van der Waals surface area contributed by atoms with E-state index in [1.54, 1.807) is 6.07 Å². The maximum atomic E-state index is 13.5. The van der Waals surface area contributed by atoms with Crippen molar-refractivity contribution in [2.75, 3.05) is 16.3 Å². The highest BCUT2D eigenvalue weighted by molar-refractivity contribution is 7.92. The molecule has 3 N–H and O–H groups in total. The van der Waals surface area contributed by atoms with Gasteiger partial charge in [0.1, 0.15) is 27.3 Å². The Labute approximate surface area is 203 Å². The van der Waals surface area contributed by atoms with Crippen molar-refractivity contribution >= 4 is 42.8 Å². The van der Waals surface area contributed by atoms with Crippen molar-refractivity contribution in [3.63, 3.8) is 0 Å². The van der Waals surface area contributed by atoms with Gasteiger partial charge in [-0.05, 0) is 48.0 Å². The van der Waals surface area contributed by atoms with E-state index in [0.717, 1.165) is 12.3 Å². The smallest absolute Gasteiger partial charge is 0.280 e. The lowest BCUT2D eigenvalue weighted by atomic mass is 10.2. The molecule has 2 aromatic heterocycles. The summed E-state index contributed by atoms with van der Waals surface area (Å²) in [7, 11) is -7.94. The Morgan fingerprint density at radius 3 is 2.47 bits per heavy atom. The van der Waals surface area contributed by atoms with E-state index in [-0.39, 0.29) is 34.2 Å². The third kappa shape index (κ3) is 4.20. The number of anilines is 2. The van der Waals surface area contributed by atoms with Crippen LogP contribution >= 0.6 is 0 Å². The molecule has 14 heteroatoms. The van der Waals surface area contributed by atoms with Crippen LogP contribution in [-0.2, 0) is 26.6 Å². The molecule has 4 aromatic rings. The molecule has 11 nitrogen and oxygen atoms in total. The summed E-state index contributed by atoms with van der Waals surface area (Å²) in [4.78, 5) is 26.5. The van der Waals surface area contributed by atoms with Gasteiger partial charge in [0.05, 0.1) is 18.5 Å². The van der Waals surface area contributed by atoms with Gasteiger partial charge < -0.3 is 5.32 Å². The van der Waals surface area contributed by atoms with Crippen molar-refractivity contribution in [1.29, 1.82) is 0 Å². The fourth-order valence-corrected chi connectivity index (χ4v) is 5.71. The quantitative estimate of drug-likeness (QED) is 0.341. The molecule has 0 atom stereocenters. The molecule has 0 aliphatic carbocycles. The molecule has 186 valence electrons. The number of nitrogens with one attached hydrogen (secondary N) is 3. The Bertz CT molecular complexity index is 1930. The average Bonchev–Trinajstić information content (AvgIpc) is 3.27. The van der Waals surface area contributed by atoms with E-state index in [1.807, 2.05) is 0 Å². The molecular formula is C22H18FN5O6S2. The van der Waals surface area contributed by atoms with E-state index in [4.69, 9.17) is 0 Å². The SMILES string of the molecule is CS(=O)(=O)Nc1ccc2c(c1)S(=O)(=O)NC(=c1c(=O)c3cccn3n(Cc3ccc(F)cc3)c1=O)N2. The number of hydrogen-bond donors (Lipinski definition) is 3. The zero-order chi connectivity index (χ0) is 25.8. The summed E-state index contributed by atoms with van der Waals surface area (Å²) in [6.45, 7) is -0.0191. The van der Waals surface area contributed by atoms with E-state index in [9.17, 15) is 30.8 Å². The highest BCUT2D eigenvalue weighted by Gasteiger charge is 2.28. The van der Waals surface area contributed by atoms with Crippen LogP contribution in [-0.4, -0.2) is 32.3 Å². The van der Waals surface area contributed by atoms with Crippen LogP contribution in [0.3, 0.4) is 0 Å². The van der Waals surface area contributed by atoms with E-state index in [2.05, 4.69) is 14.8 Å². The Morgan fingerprint density at radius 2 is 1.78 bits per heavy atom. The fraction of sp³-hybridized carbons (Fsp3) is 0.0909. The maximum absolute atomic E-state index is 13.5. The van der Waals surface area contributed by atoms with Crippen molar-refractivity contribution in [2.45, 2.75) is 11.4 Å². The van der Waals surface area contributed by atoms with Crippen molar-refractivity contribution in [1.82, 2.24) is 13.9 Å². The third-order valence-electron chi connectivity index (χ3n) is 5.46. The first-order valence-corrected chi connectivity index (χ1v) is 13.7. The molecule has 0 fully saturated rings. The third-order valence-corrected chi connectivity index (χ3v) is 7.46. The number of halogens is 1. The molecule has 36 heavy (non-hydrogen) atoms. The second-order valence-electron chi connectivity index (χ2n) is 8.12. The van der Waals surface area contributed by atoms with E-state index >= 15 is 0 Å². The van der Waals surface area contributed by atoms with Gasteiger partial charge in [-0.25, -0.2) is 25.9 Å². The number of nitrogens with zero attached hydrogens (tertiary/aromatic N) is 2. The van der Waals surface area contributed by atoms with Crippen molar-refractivity contribution in [2.24, 2.45) is 0 Å². The minimum Gasteiger partial charge on any atom is -0.339 e. The summed E-state index contributed by atoms with van der Waals surface area (Å²) in [6, 6.07) is 12.3. The molecule has 1 aliphatic heterocycles. The van der Waals surface area contributed by atoms with Crippen LogP contribution in [0.4, 0.5) is 15.8 Å². The van der Waals surface area contributed by atoms with Crippen LogP contribution in [0.15, 0.2) is 75.3 Å². The summed E-state index contributed by atoms with van der Waals surface area (Å²) in [5, 5.41) is 2.34. The van der Waals surface area contributed by atoms with Gasteiger partial charge in [-0.15, -0.1) is 0 Å². The first-order valence-electron chi connectivity index (χ1n) is 10.4. The standard InChI is InChI=1S/C22H18FN5O6S2/c1-35(31,32)25-15-8-9-16-18(11-15)36(33,34)26-21(24-16)19-20(29)17-3-2-10-27(17)28(22(19)30)12-13-4-6-14(23)7-5-13/h2-11,24-26H,12H2,1H3. The molecule has 0 unspecified atom stereocenters. The van der Waals surface area contributed by atoms with Gasteiger partial charge in [-0.3, -0.25) is 23.5 Å². The van der Waals surface area contributed by atoms with Crippen LogP contribution in [0.2, 0.25) is 0 Å². The molecule has 0 amide bonds. The predicted molar refractivity (Wildman–Crippen MR) is 131 cm³/mol. The van der Waals surface area contributed by atoms with Crippen molar-refractivity contribution < 1.29 is 21.2 Å². The monoisotopic (exact) mass is 531 g/mol. The Morgan fingerprint density at radius 1 is 1.06 bits per heavy atom. The van der Waals surface area contributed by atoms with Gasteiger partial charge in [0.25, 0.3) is 15.6 Å². The minimum atomic E-state index is -4.29. The number of rotatable bonds is 4. The Hall–Kier alpha value is -4.17. The summed E-state index contributed by atoms with van der Waals surface area (Å²) < 4.78 is 69.4. The molecule has 1 aliphatic rings. The van der Waals surface area contributed by atoms with Crippen molar-refractivity contribution in [3.8, 4) is 0 Å². The van der Waals surface area contributed by atoms with Crippen LogP contribution in [0.25, 0.3) is 11.3 Å². The molecule has 0 saturated heterocycles. The summed E-state index contributed by atoms with van der Waals surface area (Å²) in [6.07, 6.45) is 2.44. The zero-order valence-electron chi connectivity index (χ0n) is 18.5. The van der Waals surface area contributed by atoms with Gasteiger partial charge in [-0.1, -0.05) is 12.1 Å². The van der Waals surface area contributed by atoms with Crippen LogP contribution < -0.4 is 31.0 Å². The lowest BCUT2D eigenvalue weighted by Gasteiger charge is -2.23. The largest absolute Gasteiger partial charge is 0.339 e. The molecule has 0 spiro atoms. The van der Waals surface area contributed by atoms with E-state index < -0.39 is 42.1 Å². The van der Waals surface area contributed by atoms with Gasteiger partial charge in [0, 0.05) is 11.9 Å². The molecular weight excluding hydrogens is 513 g/mol. The normalized spacial score (nSPS) is 16.2. The molecule has 0 saturated carbocycles. The summed E-state index contributed by atoms with van der Waals surface area (Å²) in [5.41, 5.74) is -0.716. The van der Waals surface area contributed by atoms with E-state index in [0.29, 0.717) is 5.56 Å². The highest BCUT2D eigenvalue weighted by atomic mass is 32.2. The van der Waals surface area contributed by atoms with Crippen molar-refractivity contribution in [3.05, 3.63) is 98.0 Å². The predicted octanol–water partition coefficient (Wildman–Crippen LogP) is 0.209. The van der Waals surface area contributed by atoms with Crippen LogP contribution in [0.5, 0.6) is 0 Å². The van der Waals surface area contributed by atoms with Gasteiger partial charge in [0.2, 0.25) is 15.5 Å². The summed E-state index contributed by atoms with van der Waals surface area (Å²) in [5.74, 6) is -0.782. The lowest BCUT2D eigenvalue weighted by molar-refractivity contribution is 0.586. The van der Waals surface area contributed by atoms with Gasteiger partial charge in [-0.2, -0.15) is 0 Å². The molecule has 2 aromatic carbocycles. The fourth-order valence-electron chi connectivity index (χ4n) is 3.93. The Balaban J connectivity index is 1.71. The zero-order valence-corrected chi connectivity index (χ0v) is 20.2. The lowest BCUT2D eigenvalue weighted by Crippen LogP contribution is -2.52. The van der Waals surface area contributed by atoms with E-state index in [1.165, 1.54) is 57.9 Å².